The fourth-order valence-electron chi connectivity index (χ4n) is 6.07. The highest BCUT2D eigenvalue weighted by molar-refractivity contribution is 5.89. The third-order valence-corrected chi connectivity index (χ3v) is 8.27. The van der Waals surface area contributed by atoms with Gasteiger partial charge in [0.2, 0.25) is 0 Å². The van der Waals surface area contributed by atoms with E-state index in [9.17, 15) is 0 Å². The van der Waals surface area contributed by atoms with Gasteiger partial charge in [0.05, 0.1) is 17.1 Å². The Hall–Kier alpha value is -5.80. The second kappa shape index (κ2) is 10.8. The summed E-state index contributed by atoms with van der Waals surface area (Å²) in [6, 6.07) is 53.7. The minimum absolute atomic E-state index is 0.934. The zero-order valence-electron chi connectivity index (χ0n) is 24.4. The second-order valence-electron chi connectivity index (χ2n) is 11.2. The van der Waals surface area contributed by atoms with E-state index < -0.39 is 0 Å². The van der Waals surface area contributed by atoms with E-state index in [1.54, 1.807) is 0 Å². The molecule has 8 rings (SSSR count). The molecule has 0 aliphatic rings. The Labute approximate surface area is 256 Å². The van der Waals surface area contributed by atoms with Crippen molar-refractivity contribution < 1.29 is 0 Å². The lowest BCUT2D eigenvalue weighted by Crippen LogP contribution is -1.90. The van der Waals surface area contributed by atoms with Gasteiger partial charge in [-0.1, -0.05) is 103 Å². The molecule has 0 fully saturated rings. The Morgan fingerprint density at radius 1 is 0.432 bits per heavy atom. The van der Waals surface area contributed by atoms with Gasteiger partial charge in [0.15, 0.2) is 0 Å². The van der Waals surface area contributed by atoms with Crippen LogP contribution in [0.25, 0.3) is 72.4 Å². The summed E-state index contributed by atoms with van der Waals surface area (Å²) in [7, 11) is 0. The van der Waals surface area contributed by atoms with Gasteiger partial charge >= 0.3 is 0 Å². The molecule has 8 aromatic rings. The van der Waals surface area contributed by atoms with Crippen molar-refractivity contribution >= 4 is 16.4 Å². The first kappa shape index (κ1) is 25.9. The van der Waals surface area contributed by atoms with Gasteiger partial charge < -0.3 is 0 Å². The molecular formula is C41H29N3. The van der Waals surface area contributed by atoms with Gasteiger partial charge in [-0.3, -0.25) is 9.38 Å². The van der Waals surface area contributed by atoms with Gasteiger partial charge in [0.25, 0.3) is 0 Å². The lowest BCUT2D eigenvalue weighted by molar-refractivity contribution is 1.19. The van der Waals surface area contributed by atoms with Crippen LogP contribution in [0.1, 0.15) is 5.69 Å². The van der Waals surface area contributed by atoms with Crippen LogP contribution < -0.4 is 0 Å². The zero-order valence-corrected chi connectivity index (χ0v) is 24.4. The quantitative estimate of drug-likeness (QED) is 0.208. The van der Waals surface area contributed by atoms with Gasteiger partial charge in [-0.15, -0.1) is 0 Å². The summed E-state index contributed by atoms with van der Waals surface area (Å²) in [5.74, 6) is 0. The van der Waals surface area contributed by atoms with Crippen LogP contribution in [0, 0.1) is 6.92 Å². The van der Waals surface area contributed by atoms with Crippen molar-refractivity contribution in [1.29, 1.82) is 0 Å². The number of aromatic nitrogens is 3. The van der Waals surface area contributed by atoms with E-state index in [0.717, 1.165) is 56.2 Å². The highest BCUT2D eigenvalue weighted by Crippen LogP contribution is 2.36. The largest absolute Gasteiger partial charge is 0.299 e. The molecule has 0 aliphatic carbocycles. The Morgan fingerprint density at radius 3 is 1.93 bits per heavy atom. The van der Waals surface area contributed by atoms with Crippen LogP contribution >= 0.6 is 0 Å². The first-order chi connectivity index (χ1) is 21.7. The van der Waals surface area contributed by atoms with Crippen LogP contribution in [0.4, 0.5) is 0 Å². The molecule has 3 heterocycles. The summed E-state index contributed by atoms with van der Waals surface area (Å²) in [6.07, 6.45) is 2.09. The summed E-state index contributed by atoms with van der Waals surface area (Å²) in [5.41, 5.74) is 13.0. The normalized spacial score (nSPS) is 11.3. The Bertz CT molecular complexity index is 2280. The molecule has 0 radical (unpaired) electrons. The number of pyridine rings is 2. The number of nitrogens with zero attached hydrogens (tertiary/aromatic N) is 3. The molecule has 0 bridgehead atoms. The standard InChI is InChI=1S/C41H29N3/c1-28-10-9-15-38(42-28)37-26-35(25-36(27-37)34-22-19-29-11-5-6-14-33(29)24-34)30-17-20-31(21-18-30)40-41(32-12-3-2-4-13-32)44-23-8-7-16-39(44)43-40/h2-27H,1H3. The van der Waals surface area contributed by atoms with Gasteiger partial charge in [-0.05, 0) is 88.5 Å². The first-order valence-electron chi connectivity index (χ1n) is 14.9. The van der Waals surface area contributed by atoms with E-state index in [-0.39, 0.29) is 0 Å². The van der Waals surface area contributed by atoms with Gasteiger partial charge in [0, 0.05) is 28.6 Å². The molecule has 0 saturated carbocycles. The average Bonchev–Trinajstić information content (AvgIpc) is 3.48. The molecule has 5 aromatic carbocycles. The summed E-state index contributed by atoms with van der Waals surface area (Å²) in [5, 5.41) is 2.47. The van der Waals surface area contributed by atoms with Crippen LogP contribution in [0.2, 0.25) is 0 Å². The highest BCUT2D eigenvalue weighted by Gasteiger charge is 2.16. The van der Waals surface area contributed by atoms with Crippen molar-refractivity contribution in [2.24, 2.45) is 0 Å². The number of rotatable bonds is 5. The monoisotopic (exact) mass is 563 g/mol. The number of aryl methyl sites for hydroxylation is 1. The molecule has 208 valence electrons. The fraction of sp³-hybridized carbons (Fsp3) is 0.0244. The zero-order chi connectivity index (χ0) is 29.5. The highest BCUT2D eigenvalue weighted by atomic mass is 15.0. The van der Waals surface area contributed by atoms with Crippen molar-refractivity contribution in [3.8, 4) is 56.0 Å². The third-order valence-electron chi connectivity index (χ3n) is 8.27. The van der Waals surface area contributed by atoms with Crippen molar-refractivity contribution in [2.45, 2.75) is 6.92 Å². The van der Waals surface area contributed by atoms with Crippen LogP contribution in [-0.2, 0) is 0 Å². The first-order valence-corrected chi connectivity index (χ1v) is 14.9. The molecule has 0 saturated heterocycles. The number of hydrogen-bond donors (Lipinski definition) is 0. The lowest BCUT2D eigenvalue weighted by atomic mass is 9.93. The molecule has 3 heteroatoms. The summed E-state index contributed by atoms with van der Waals surface area (Å²) >= 11 is 0. The molecule has 3 aromatic heterocycles. The lowest BCUT2D eigenvalue weighted by Gasteiger charge is -2.12. The van der Waals surface area contributed by atoms with E-state index in [4.69, 9.17) is 9.97 Å². The Kier molecular flexibility index (Phi) is 6.35. The molecular weight excluding hydrogens is 534 g/mol. The maximum atomic E-state index is 5.06. The number of imidazole rings is 1. The molecule has 0 aliphatic heterocycles. The van der Waals surface area contributed by atoms with E-state index in [2.05, 4.69) is 144 Å². The third kappa shape index (κ3) is 4.75. The maximum absolute atomic E-state index is 5.06. The Morgan fingerprint density at radius 2 is 1.11 bits per heavy atom. The van der Waals surface area contributed by atoms with E-state index in [1.165, 1.54) is 21.9 Å². The average molecular weight is 564 g/mol. The second-order valence-corrected chi connectivity index (χ2v) is 11.2. The molecule has 0 unspecified atom stereocenters. The molecule has 0 amide bonds. The van der Waals surface area contributed by atoms with E-state index in [0.29, 0.717) is 0 Å². The SMILES string of the molecule is Cc1cccc(-c2cc(-c3ccc(-c4nc5ccccn5c4-c4ccccc4)cc3)cc(-c3ccc4ccccc4c3)c2)n1. The molecule has 44 heavy (non-hydrogen) atoms. The van der Waals surface area contributed by atoms with Gasteiger partial charge in [-0.2, -0.15) is 0 Å². The van der Waals surface area contributed by atoms with Gasteiger partial charge in [-0.25, -0.2) is 4.98 Å². The number of fused-ring (bicyclic) bond motifs is 2. The maximum Gasteiger partial charge on any atom is 0.137 e. The molecule has 0 atom stereocenters. The van der Waals surface area contributed by atoms with Crippen molar-refractivity contribution in [3.63, 3.8) is 0 Å². The van der Waals surface area contributed by atoms with Crippen LogP contribution in [0.5, 0.6) is 0 Å². The summed E-state index contributed by atoms with van der Waals surface area (Å²) in [4.78, 5) is 9.92. The molecule has 0 spiro atoms. The van der Waals surface area contributed by atoms with Gasteiger partial charge in [0.1, 0.15) is 5.65 Å². The van der Waals surface area contributed by atoms with E-state index in [1.807, 2.05) is 25.1 Å². The van der Waals surface area contributed by atoms with Crippen LogP contribution in [0.3, 0.4) is 0 Å². The summed E-state index contributed by atoms with van der Waals surface area (Å²) in [6.45, 7) is 2.04. The predicted molar refractivity (Wildman–Crippen MR) is 182 cm³/mol. The van der Waals surface area contributed by atoms with Crippen molar-refractivity contribution in [2.75, 3.05) is 0 Å². The van der Waals surface area contributed by atoms with Crippen LogP contribution in [-0.4, -0.2) is 14.4 Å². The summed E-state index contributed by atoms with van der Waals surface area (Å²) < 4.78 is 2.17. The molecule has 0 N–H and O–H groups in total. The Balaban J connectivity index is 1.25. The minimum Gasteiger partial charge on any atom is -0.299 e. The van der Waals surface area contributed by atoms with Crippen molar-refractivity contribution in [1.82, 2.24) is 14.4 Å². The van der Waals surface area contributed by atoms with Crippen LogP contribution in [0.15, 0.2) is 158 Å². The van der Waals surface area contributed by atoms with Crippen molar-refractivity contribution in [3.05, 3.63) is 164 Å². The number of benzene rings is 5. The number of hydrogen-bond acceptors (Lipinski definition) is 2. The fourth-order valence-corrected chi connectivity index (χ4v) is 6.07. The minimum atomic E-state index is 0.934. The smallest absolute Gasteiger partial charge is 0.137 e. The molecule has 3 nitrogen and oxygen atoms in total. The topological polar surface area (TPSA) is 30.2 Å². The predicted octanol–water partition coefficient (Wildman–Crippen LogP) is 10.5. The van der Waals surface area contributed by atoms with E-state index >= 15 is 0 Å².